The van der Waals surface area contributed by atoms with E-state index in [9.17, 15) is 19.4 Å². The lowest BCUT2D eigenvalue weighted by Gasteiger charge is -2.36. The molecule has 2 N–H and O–H groups in total. The predicted molar refractivity (Wildman–Crippen MR) is 112 cm³/mol. The van der Waals surface area contributed by atoms with E-state index in [1.165, 1.54) is 19.4 Å². The highest BCUT2D eigenvalue weighted by molar-refractivity contribution is 6.30. The van der Waals surface area contributed by atoms with Gasteiger partial charge in [-0.05, 0) is 23.6 Å². The van der Waals surface area contributed by atoms with Gasteiger partial charge < -0.3 is 24.6 Å². The molecule has 2 aromatic carbocycles. The van der Waals surface area contributed by atoms with Crippen molar-refractivity contribution in [2.45, 2.75) is 26.3 Å². The van der Waals surface area contributed by atoms with Crippen LogP contribution in [0, 0.1) is 11.7 Å². The highest BCUT2D eigenvalue weighted by Crippen LogP contribution is 2.42. The first kappa shape index (κ1) is 21.9. The average Bonchev–Trinajstić information content (AvgIpc) is 2.70. The largest absolute Gasteiger partial charge is 0.496 e. The maximum atomic E-state index is 14.4. The molecule has 1 aliphatic heterocycles. The van der Waals surface area contributed by atoms with E-state index in [-0.39, 0.29) is 41.5 Å². The maximum Gasteiger partial charge on any atom is 0.373 e. The number of methoxy groups -OCH3 is 1. The van der Waals surface area contributed by atoms with Crippen LogP contribution >= 0.6 is 11.6 Å². The van der Waals surface area contributed by atoms with Crippen molar-refractivity contribution in [2.24, 2.45) is 5.92 Å². The topological polar surface area (TPSA) is 79.2 Å². The molecule has 1 aliphatic rings. The number of nitrogens with zero attached hydrogens (tertiary/aromatic N) is 1. The van der Waals surface area contributed by atoms with Gasteiger partial charge in [0.2, 0.25) is 5.76 Å². The standard InChI is InChI=1S/C22H23ClFNO5/c1-12(2)17(11-26)25-10-20(22(27)28)30-19-8-14(18(29-3)9-16(19)25)7-13-5-4-6-15(23)21(13)24/h4-6,8-10,12,17,26H,7,11H2,1-3H3,(H,27,28). The van der Waals surface area contributed by atoms with E-state index < -0.39 is 11.8 Å². The van der Waals surface area contributed by atoms with Gasteiger partial charge in [0.05, 0.1) is 36.7 Å². The Kier molecular flexibility index (Phi) is 6.53. The molecule has 160 valence electrons. The summed E-state index contributed by atoms with van der Waals surface area (Å²) >= 11 is 5.89. The van der Waals surface area contributed by atoms with Gasteiger partial charge in [0.25, 0.3) is 0 Å². The number of aliphatic carboxylic acids is 1. The van der Waals surface area contributed by atoms with Crippen molar-refractivity contribution in [3.63, 3.8) is 0 Å². The summed E-state index contributed by atoms with van der Waals surface area (Å²) in [6.07, 6.45) is 1.53. The van der Waals surface area contributed by atoms with Crippen molar-refractivity contribution in [3.05, 3.63) is 64.3 Å². The van der Waals surface area contributed by atoms with Crippen LogP contribution in [0.2, 0.25) is 5.02 Å². The van der Waals surface area contributed by atoms with E-state index in [1.54, 1.807) is 29.2 Å². The highest BCUT2D eigenvalue weighted by Gasteiger charge is 2.31. The van der Waals surface area contributed by atoms with Crippen molar-refractivity contribution in [1.82, 2.24) is 0 Å². The van der Waals surface area contributed by atoms with E-state index in [0.29, 0.717) is 22.6 Å². The first-order valence-electron chi connectivity index (χ1n) is 9.42. The van der Waals surface area contributed by atoms with Crippen LogP contribution in [0.25, 0.3) is 0 Å². The molecule has 1 unspecified atom stereocenters. The van der Waals surface area contributed by atoms with Crippen LogP contribution in [0.3, 0.4) is 0 Å². The van der Waals surface area contributed by atoms with Crippen LogP contribution < -0.4 is 14.4 Å². The Morgan fingerprint density at radius 1 is 1.30 bits per heavy atom. The second kappa shape index (κ2) is 8.93. The van der Waals surface area contributed by atoms with Gasteiger partial charge in [-0.15, -0.1) is 0 Å². The van der Waals surface area contributed by atoms with Crippen molar-refractivity contribution in [2.75, 3.05) is 18.6 Å². The van der Waals surface area contributed by atoms with Crippen LogP contribution in [0.15, 0.2) is 42.3 Å². The number of carboxylic acids is 1. The molecule has 6 nitrogen and oxygen atoms in total. The third-order valence-corrected chi connectivity index (χ3v) is 5.35. The van der Waals surface area contributed by atoms with E-state index in [2.05, 4.69) is 0 Å². The molecular formula is C22H23ClFNO5. The molecule has 0 saturated carbocycles. The summed E-state index contributed by atoms with van der Waals surface area (Å²) in [5.74, 6) is -1.23. The van der Waals surface area contributed by atoms with Gasteiger partial charge >= 0.3 is 5.97 Å². The number of aliphatic hydroxyl groups is 1. The Balaban J connectivity index is 2.10. The Morgan fingerprint density at radius 3 is 2.63 bits per heavy atom. The molecule has 1 heterocycles. The average molecular weight is 436 g/mol. The smallest absolute Gasteiger partial charge is 0.373 e. The van der Waals surface area contributed by atoms with Gasteiger partial charge in [0, 0.05) is 18.1 Å². The Bertz CT molecular complexity index is 992. The van der Waals surface area contributed by atoms with Crippen LogP contribution in [0.1, 0.15) is 25.0 Å². The Hall–Kier alpha value is -2.77. The summed E-state index contributed by atoms with van der Waals surface area (Å²) in [5, 5.41) is 19.4. The minimum Gasteiger partial charge on any atom is -0.496 e. The van der Waals surface area contributed by atoms with E-state index in [4.69, 9.17) is 21.1 Å². The summed E-state index contributed by atoms with van der Waals surface area (Å²) in [5.41, 5.74) is 1.53. The highest BCUT2D eigenvalue weighted by atomic mass is 35.5. The second-order valence-corrected chi connectivity index (χ2v) is 7.73. The normalized spacial score (nSPS) is 14.1. The van der Waals surface area contributed by atoms with Crippen LogP contribution in [-0.4, -0.2) is 35.9 Å². The quantitative estimate of drug-likeness (QED) is 0.678. The first-order valence-corrected chi connectivity index (χ1v) is 9.80. The van der Waals surface area contributed by atoms with Crippen molar-refractivity contribution in [3.8, 4) is 11.5 Å². The molecule has 0 aromatic heterocycles. The maximum absolute atomic E-state index is 14.4. The molecule has 0 bridgehead atoms. The molecule has 0 saturated heterocycles. The third-order valence-electron chi connectivity index (χ3n) is 5.05. The molecule has 0 amide bonds. The molecule has 1 atom stereocenters. The van der Waals surface area contributed by atoms with Gasteiger partial charge in [-0.1, -0.05) is 37.6 Å². The van der Waals surface area contributed by atoms with Crippen LogP contribution in [0.5, 0.6) is 11.5 Å². The van der Waals surface area contributed by atoms with E-state index >= 15 is 0 Å². The van der Waals surface area contributed by atoms with Gasteiger partial charge in [0.1, 0.15) is 11.6 Å². The fourth-order valence-corrected chi connectivity index (χ4v) is 3.62. The van der Waals surface area contributed by atoms with Crippen molar-refractivity contribution in [1.29, 1.82) is 0 Å². The number of carboxylic acid groups (broad SMARTS) is 1. The Morgan fingerprint density at radius 2 is 2.03 bits per heavy atom. The molecule has 2 aromatic rings. The fraction of sp³-hybridized carbons (Fsp3) is 0.318. The number of aliphatic hydroxyl groups excluding tert-OH is 1. The molecule has 30 heavy (non-hydrogen) atoms. The summed E-state index contributed by atoms with van der Waals surface area (Å²) < 4.78 is 25.5. The molecule has 0 aliphatic carbocycles. The summed E-state index contributed by atoms with van der Waals surface area (Å²) in [6, 6.07) is 7.71. The Labute approximate surface area is 179 Å². The van der Waals surface area contributed by atoms with Crippen molar-refractivity contribution < 1.29 is 28.9 Å². The first-order chi connectivity index (χ1) is 14.3. The number of halogens is 2. The monoisotopic (exact) mass is 435 g/mol. The fourth-order valence-electron chi connectivity index (χ4n) is 3.43. The zero-order valence-corrected chi connectivity index (χ0v) is 17.6. The summed E-state index contributed by atoms with van der Waals surface area (Å²) in [4.78, 5) is 13.3. The zero-order valence-electron chi connectivity index (χ0n) is 16.9. The SMILES string of the molecule is COc1cc2c(cc1Cc1cccc(Cl)c1F)OC(C(=O)O)=CN2C(CO)C(C)C. The lowest BCUT2D eigenvalue weighted by molar-refractivity contribution is -0.135. The number of rotatable bonds is 7. The molecule has 0 radical (unpaired) electrons. The van der Waals surface area contributed by atoms with Crippen molar-refractivity contribution >= 4 is 23.3 Å². The lowest BCUT2D eigenvalue weighted by atomic mass is 9.99. The number of hydrogen-bond acceptors (Lipinski definition) is 5. The van der Waals surface area contributed by atoms with Crippen LogP contribution in [0.4, 0.5) is 10.1 Å². The number of carbonyl (C=O) groups is 1. The van der Waals surface area contributed by atoms with Crippen LogP contribution in [-0.2, 0) is 11.2 Å². The lowest BCUT2D eigenvalue weighted by Crippen LogP contribution is -2.40. The minimum absolute atomic E-state index is 0.0191. The summed E-state index contributed by atoms with van der Waals surface area (Å²) in [6.45, 7) is 3.67. The van der Waals surface area contributed by atoms with E-state index in [1.807, 2.05) is 13.8 Å². The molecular weight excluding hydrogens is 413 g/mol. The van der Waals surface area contributed by atoms with Gasteiger partial charge in [-0.25, -0.2) is 9.18 Å². The third kappa shape index (κ3) is 4.22. The number of fused-ring (bicyclic) bond motifs is 1. The molecule has 0 fully saturated rings. The number of ether oxygens (including phenoxy) is 2. The van der Waals surface area contributed by atoms with Gasteiger partial charge in [0.15, 0.2) is 5.75 Å². The molecule has 3 rings (SSSR count). The second-order valence-electron chi connectivity index (χ2n) is 7.32. The van der Waals surface area contributed by atoms with Gasteiger partial charge in [-0.3, -0.25) is 0 Å². The molecule has 0 spiro atoms. The molecule has 8 heteroatoms. The van der Waals surface area contributed by atoms with Gasteiger partial charge in [-0.2, -0.15) is 0 Å². The minimum atomic E-state index is -1.23. The number of benzene rings is 2. The zero-order chi connectivity index (χ0) is 22.0. The number of anilines is 1. The number of hydrogen-bond donors (Lipinski definition) is 2. The summed E-state index contributed by atoms with van der Waals surface area (Å²) in [7, 11) is 1.50. The van der Waals surface area contributed by atoms with E-state index in [0.717, 1.165) is 0 Å². The predicted octanol–water partition coefficient (Wildman–Crippen LogP) is 4.22.